The number of nitrogens with zero attached hydrogens (tertiary/aromatic N) is 2. The normalized spacial score (nSPS) is 11.5. The van der Waals surface area contributed by atoms with Crippen LogP contribution in [0, 0.1) is 27.3 Å². The molecule has 3 aromatic rings. The molecule has 162 valence electrons. The fourth-order valence-electron chi connectivity index (χ4n) is 2.69. The molecule has 3 rings (SSSR count). The molecule has 0 unspecified atom stereocenters. The van der Waals surface area contributed by atoms with Crippen molar-refractivity contribution < 1.29 is 27.2 Å². The number of ether oxygens (including phenoxy) is 2. The maximum Gasteiger partial charge on any atom is 0.312 e. The number of halogens is 1. The van der Waals surface area contributed by atoms with Gasteiger partial charge in [-0.25, -0.2) is 12.8 Å². The number of rotatable bonds is 7. The predicted octanol–water partition coefficient (Wildman–Crippen LogP) is 4.87. The molecule has 0 aromatic heterocycles. The van der Waals surface area contributed by atoms with Crippen LogP contribution in [0.3, 0.4) is 0 Å². The second kappa shape index (κ2) is 9.28. The fraction of sp³-hybridized carbons (Fsp3) is 0.0455. The molecule has 3 aromatic carbocycles. The molecule has 8 nitrogen and oxygen atoms in total. The van der Waals surface area contributed by atoms with Crippen molar-refractivity contribution in [3.8, 4) is 23.3 Å². The first-order chi connectivity index (χ1) is 15.2. The molecule has 0 fully saturated rings. The summed E-state index contributed by atoms with van der Waals surface area (Å²) in [5.41, 5.74) is -0.327. The van der Waals surface area contributed by atoms with E-state index in [9.17, 15) is 28.2 Å². The Morgan fingerprint density at radius 2 is 1.69 bits per heavy atom. The number of benzene rings is 3. The summed E-state index contributed by atoms with van der Waals surface area (Å²) in [6.45, 7) is 0. The van der Waals surface area contributed by atoms with Crippen LogP contribution in [0.2, 0.25) is 0 Å². The number of methoxy groups -OCH3 is 1. The van der Waals surface area contributed by atoms with Gasteiger partial charge in [0.2, 0.25) is 15.6 Å². The molecule has 0 bridgehead atoms. The van der Waals surface area contributed by atoms with Gasteiger partial charge in [-0.15, -0.1) is 0 Å². The Balaban J connectivity index is 1.97. The first kappa shape index (κ1) is 22.5. The molecular formula is C22H15FN2O6S. The highest BCUT2D eigenvalue weighted by Crippen LogP contribution is 2.34. The van der Waals surface area contributed by atoms with E-state index in [0.717, 1.165) is 36.4 Å². The largest absolute Gasteiger partial charge is 0.497 e. The van der Waals surface area contributed by atoms with Crippen LogP contribution in [0.15, 0.2) is 76.5 Å². The maximum atomic E-state index is 13.1. The van der Waals surface area contributed by atoms with Gasteiger partial charge in [0, 0.05) is 6.07 Å². The Labute approximate surface area is 182 Å². The SMILES string of the molecule is COc1ccc(Oc2ccc(/C=C(\C#N)S(=O)(=O)c3ccc(F)cc3)cc2[N+](=O)[O-])cc1. The van der Waals surface area contributed by atoms with Crippen molar-refractivity contribution in [2.24, 2.45) is 0 Å². The standard InChI is InChI=1S/C22H15FN2O6S/c1-30-17-5-7-18(8-6-17)31-22-11-2-15(13-21(22)25(26)27)12-20(14-24)32(28,29)19-9-3-16(23)4-10-19/h2-13H,1H3/b20-12+. The van der Waals surface area contributed by atoms with Crippen LogP contribution in [-0.4, -0.2) is 20.5 Å². The van der Waals surface area contributed by atoms with Crippen LogP contribution in [0.5, 0.6) is 17.2 Å². The van der Waals surface area contributed by atoms with Crippen LogP contribution in [-0.2, 0) is 9.84 Å². The lowest BCUT2D eigenvalue weighted by Crippen LogP contribution is -2.03. The van der Waals surface area contributed by atoms with E-state index < -0.39 is 31.2 Å². The average Bonchev–Trinajstić information content (AvgIpc) is 2.78. The average molecular weight is 454 g/mol. The Hall–Kier alpha value is -4.23. The van der Waals surface area contributed by atoms with Gasteiger partial charge >= 0.3 is 5.69 Å². The smallest absolute Gasteiger partial charge is 0.312 e. The zero-order valence-corrected chi connectivity index (χ0v) is 17.4. The first-order valence-electron chi connectivity index (χ1n) is 8.97. The Kier molecular flexibility index (Phi) is 6.51. The number of nitriles is 1. The van der Waals surface area contributed by atoms with Crippen molar-refractivity contribution in [2.75, 3.05) is 7.11 Å². The Morgan fingerprint density at radius 3 is 2.25 bits per heavy atom. The number of hydrogen-bond acceptors (Lipinski definition) is 7. The molecular weight excluding hydrogens is 439 g/mol. The quantitative estimate of drug-likeness (QED) is 0.216. The monoisotopic (exact) mass is 454 g/mol. The predicted molar refractivity (Wildman–Crippen MR) is 113 cm³/mol. The van der Waals surface area contributed by atoms with E-state index in [0.29, 0.717) is 11.5 Å². The Morgan fingerprint density at radius 1 is 1.06 bits per heavy atom. The molecule has 0 heterocycles. The number of hydrogen-bond donors (Lipinski definition) is 0. The summed E-state index contributed by atoms with van der Waals surface area (Å²) in [6, 6.07) is 15.7. The lowest BCUT2D eigenvalue weighted by molar-refractivity contribution is -0.385. The number of nitro benzene ring substituents is 1. The molecule has 32 heavy (non-hydrogen) atoms. The second-order valence-corrected chi connectivity index (χ2v) is 8.26. The van der Waals surface area contributed by atoms with E-state index in [2.05, 4.69) is 0 Å². The Bertz CT molecular complexity index is 1330. The van der Waals surface area contributed by atoms with E-state index in [1.165, 1.54) is 19.2 Å². The van der Waals surface area contributed by atoms with E-state index in [4.69, 9.17) is 9.47 Å². The van der Waals surface area contributed by atoms with Gasteiger partial charge in [0.25, 0.3) is 0 Å². The first-order valence-corrected chi connectivity index (χ1v) is 10.5. The summed E-state index contributed by atoms with van der Waals surface area (Å²) in [7, 11) is -2.75. The van der Waals surface area contributed by atoms with Crippen molar-refractivity contribution in [3.63, 3.8) is 0 Å². The van der Waals surface area contributed by atoms with Crippen LogP contribution < -0.4 is 9.47 Å². The van der Waals surface area contributed by atoms with Crippen molar-refractivity contribution in [1.29, 1.82) is 5.26 Å². The summed E-state index contributed by atoms with van der Waals surface area (Å²) in [5, 5.41) is 20.9. The number of allylic oxidation sites excluding steroid dienone is 1. The lowest BCUT2D eigenvalue weighted by Gasteiger charge is -2.08. The van der Waals surface area contributed by atoms with E-state index in [1.54, 1.807) is 30.3 Å². The molecule has 10 heteroatoms. The third kappa shape index (κ3) is 4.91. The lowest BCUT2D eigenvalue weighted by atomic mass is 10.1. The molecule has 0 spiro atoms. The molecule has 0 saturated heterocycles. The summed E-state index contributed by atoms with van der Waals surface area (Å²) in [6.07, 6.45) is 1.00. The zero-order chi connectivity index (χ0) is 23.3. The zero-order valence-electron chi connectivity index (χ0n) is 16.6. The van der Waals surface area contributed by atoms with Gasteiger partial charge in [-0.2, -0.15) is 5.26 Å². The molecule has 0 aliphatic rings. The van der Waals surface area contributed by atoms with Crippen LogP contribution >= 0.6 is 0 Å². The van der Waals surface area contributed by atoms with Crippen molar-refractivity contribution >= 4 is 21.6 Å². The van der Waals surface area contributed by atoms with Gasteiger partial charge in [-0.05, 0) is 66.2 Å². The highest BCUT2D eigenvalue weighted by Gasteiger charge is 2.22. The van der Waals surface area contributed by atoms with Gasteiger partial charge in [0.1, 0.15) is 28.3 Å². The molecule has 0 atom stereocenters. The van der Waals surface area contributed by atoms with Crippen LogP contribution in [0.1, 0.15) is 5.56 Å². The molecule has 0 radical (unpaired) electrons. The van der Waals surface area contributed by atoms with Gasteiger partial charge in [0.15, 0.2) is 0 Å². The maximum absolute atomic E-state index is 13.1. The number of nitro groups is 1. The van der Waals surface area contributed by atoms with Crippen molar-refractivity contribution in [3.05, 3.63) is 93.1 Å². The molecule has 0 N–H and O–H groups in total. The van der Waals surface area contributed by atoms with E-state index in [-0.39, 0.29) is 16.2 Å². The highest BCUT2D eigenvalue weighted by atomic mass is 32.2. The highest BCUT2D eigenvalue weighted by molar-refractivity contribution is 7.95. The summed E-state index contributed by atoms with van der Waals surface area (Å²) >= 11 is 0. The van der Waals surface area contributed by atoms with Crippen molar-refractivity contribution in [2.45, 2.75) is 4.90 Å². The van der Waals surface area contributed by atoms with Gasteiger partial charge in [0.05, 0.1) is 16.9 Å². The molecule has 0 saturated carbocycles. The minimum Gasteiger partial charge on any atom is -0.497 e. The molecule has 0 amide bonds. The summed E-state index contributed by atoms with van der Waals surface area (Å²) in [4.78, 5) is 9.92. The fourth-order valence-corrected chi connectivity index (χ4v) is 3.85. The van der Waals surface area contributed by atoms with Crippen LogP contribution in [0.25, 0.3) is 6.08 Å². The van der Waals surface area contributed by atoms with E-state index >= 15 is 0 Å². The number of sulfone groups is 1. The third-order valence-corrected chi connectivity index (χ3v) is 5.97. The summed E-state index contributed by atoms with van der Waals surface area (Å²) in [5.74, 6) is 0.208. The van der Waals surface area contributed by atoms with E-state index in [1.807, 2.05) is 0 Å². The minimum atomic E-state index is -4.24. The third-order valence-electron chi connectivity index (χ3n) is 4.29. The van der Waals surface area contributed by atoms with Gasteiger partial charge in [-0.1, -0.05) is 6.07 Å². The topological polar surface area (TPSA) is 120 Å². The summed E-state index contributed by atoms with van der Waals surface area (Å²) < 4.78 is 49.1. The van der Waals surface area contributed by atoms with Gasteiger partial charge < -0.3 is 9.47 Å². The van der Waals surface area contributed by atoms with Crippen LogP contribution in [0.4, 0.5) is 10.1 Å². The molecule has 0 aliphatic heterocycles. The molecule has 0 aliphatic carbocycles. The minimum absolute atomic E-state index is 0.0720. The van der Waals surface area contributed by atoms with Crippen molar-refractivity contribution in [1.82, 2.24) is 0 Å². The second-order valence-electron chi connectivity index (χ2n) is 6.34. The van der Waals surface area contributed by atoms with Gasteiger partial charge in [-0.3, -0.25) is 10.1 Å².